The van der Waals surface area contributed by atoms with Gasteiger partial charge in [0.05, 0.1) is 12.2 Å². The number of halogens is 3. The van der Waals surface area contributed by atoms with Gasteiger partial charge in [-0.2, -0.15) is 0 Å². The van der Waals surface area contributed by atoms with Crippen LogP contribution in [-0.4, -0.2) is 25.0 Å². The number of anilines is 1. The Kier molecular flexibility index (Phi) is 5.57. The summed E-state index contributed by atoms with van der Waals surface area (Å²) in [4.78, 5) is 22.5. The molecule has 0 saturated carbocycles. The number of hydrogen-bond acceptors (Lipinski definition) is 2. The van der Waals surface area contributed by atoms with Crippen LogP contribution in [0.5, 0.6) is 0 Å². The molecular formula is C12H12F3N3O2. The van der Waals surface area contributed by atoms with Crippen molar-refractivity contribution >= 4 is 17.6 Å². The largest absolute Gasteiger partial charge is 0.335 e. The van der Waals surface area contributed by atoms with E-state index < -0.39 is 41.6 Å². The second-order valence-electron chi connectivity index (χ2n) is 3.62. The van der Waals surface area contributed by atoms with Gasteiger partial charge in [0.15, 0.2) is 17.5 Å². The van der Waals surface area contributed by atoms with Crippen LogP contribution in [0.1, 0.15) is 0 Å². The van der Waals surface area contributed by atoms with E-state index in [4.69, 9.17) is 0 Å². The van der Waals surface area contributed by atoms with Crippen molar-refractivity contribution in [3.63, 3.8) is 0 Å². The van der Waals surface area contributed by atoms with Crippen LogP contribution in [0.25, 0.3) is 0 Å². The number of nitrogens with one attached hydrogen (secondary N) is 3. The third kappa shape index (κ3) is 4.30. The molecule has 0 aliphatic heterocycles. The average Bonchev–Trinajstić information content (AvgIpc) is 2.43. The van der Waals surface area contributed by atoms with Gasteiger partial charge in [0.2, 0.25) is 5.91 Å². The zero-order valence-electron chi connectivity index (χ0n) is 10.3. The Morgan fingerprint density at radius 1 is 1.15 bits per heavy atom. The van der Waals surface area contributed by atoms with Crippen molar-refractivity contribution in [1.29, 1.82) is 0 Å². The first kappa shape index (κ1) is 15.5. The van der Waals surface area contributed by atoms with Crippen LogP contribution in [0.2, 0.25) is 0 Å². The molecule has 0 radical (unpaired) electrons. The van der Waals surface area contributed by atoms with E-state index in [-0.39, 0.29) is 6.54 Å². The molecule has 0 aliphatic carbocycles. The molecule has 5 nitrogen and oxygen atoms in total. The van der Waals surface area contributed by atoms with Crippen molar-refractivity contribution in [2.24, 2.45) is 0 Å². The highest BCUT2D eigenvalue weighted by Gasteiger charge is 2.15. The number of carbonyl (C=O) groups excluding carboxylic acids is 2. The predicted octanol–water partition coefficient (Wildman–Crippen LogP) is 1.53. The SMILES string of the molecule is C=CCNC(=O)NCC(=O)Nc1ccc(F)c(F)c1F. The third-order valence-electron chi connectivity index (χ3n) is 2.13. The van der Waals surface area contributed by atoms with Crippen molar-refractivity contribution in [3.8, 4) is 0 Å². The minimum atomic E-state index is -1.68. The monoisotopic (exact) mass is 287 g/mol. The number of carbonyl (C=O) groups is 2. The number of hydrogen-bond donors (Lipinski definition) is 3. The summed E-state index contributed by atoms with van der Waals surface area (Å²) in [5.74, 6) is -5.33. The molecule has 20 heavy (non-hydrogen) atoms. The minimum Gasteiger partial charge on any atom is -0.335 e. The normalized spacial score (nSPS) is 9.75. The molecule has 0 aliphatic rings. The van der Waals surface area contributed by atoms with Gasteiger partial charge in [-0.25, -0.2) is 18.0 Å². The van der Waals surface area contributed by atoms with E-state index in [0.717, 1.165) is 6.07 Å². The Bertz CT molecular complexity index is 535. The van der Waals surface area contributed by atoms with E-state index in [0.29, 0.717) is 6.07 Å². The van der Waals surface area contributed by atoms with Gasteiger partial charge in [0.25, 0.3) is 0 Å². The summed E-state index contributed by atoms with van der Waals surface area (Å²) in [6.45, 7) is 3.14. The maximum Gasteiger partial charge on any atom is 0.315 e. The smallest absolute Gasteiger partial charge is 0.315 e. The number of benzene rings is 1. The second kappa shape index (κ2) is 7.17. The Morgan fingerprint density at radius 3 is 2.50 bits per heavy atom. The first-order chi connectivity index (χ1) is 9.45. The van der Waals surface area contributed by atoms with E-state index in [1.165, 1.54) is 6.08 Å². The summed E-state index contributed by atoms with van der Waals surface area (Å²) < 4.78 is 38.8. The minimum absolute atomic E-state index is 0.214. The summed E-state index contributed by atoms with van der Waals surface area (Å²) in [5.41, 5.74) is -0.512. The lowest BCUT2D eigenvalue weighted by Crippen LogP contribution is -2.40. The average molecular weight is 287 g/mol. The third-order valence-corrected chi connectivity index (χ3v) is 2.13. The fourth-order valence-electron chi connectivity index (χ4n) is 1.20. The first-order valence-electron chi connectivity index (χ1n) is 5.51. The van der Waals surface area contributed by atoms with Gasteiger partial charge in [-0.05, 0) is 12.1 Å². The number of rotatable bonds is 5. The summed E-state index contributed by atoms with van der Waals surface area (Å²) in [6, 6.07) is 0.938. The van der Waals surface area contributed by atoms with E-state index in [1.54, 1.807) is 0 Å². The van der Waals surface area contributed by atoms with Crippen LogP contribution in [0.3, 0.4) is 0 Å². The number of urea groups is 1. The van der Waals surface area contributed by atoms with E-state index in [9.17, 15) is 22.8 Å². The fraction of sp³-hybridized carbons (Fsp3) is 0.167. The van der Waals surface area contributed by atoms with E-state index in [1.807, 2.05) is 5.32 Å². The molecule has 0 fully saturated rings. The summed E-state index contributed by atoms with van der Waals surface area (Å²) >= 11 is 0. The molecule has 108 valence electrons. The Morgan fingerprint density at radius 2 is 1.85 bits per heavy atom. The van der Waals surface area contributed by atoms with Crippen LogP contribution in [0.4, 0.5) is 23.7 Å². The van der Waals surface area contributed by atoms with Crippen molar-refractivity contribution < 1.29 is 22.8 Å². The lowest BCUT2D eigenvalue weighted by molar-refractivity contribution is -0.115. The highest BCUT2D eigenvalue weighted by atomic mass is 19.2. The summed E-state index contributed by atoms with van der Waals surface area (Å²) in [7, 11) is 0. The quantitative estimate of drug-likeness (QED) is 0.568. The second-order valence-corrected chi connectivity index (χ2v) is 3.62. The maximum atomic E-state index is 13.2. The van der Waals surface area contributed by atoms with Gasteiger partial charge in [-0.3, -0.25) is 4.79 Å². The predicted molar refractivity (Wildman–Crippen MR) is 66.5 cm³/mol. The standard InChI is InChI=1S/C12H12F3N3O2/c1-2-5-16-12(20)17-6-9(19)18-8-4-3-7(13)10(14)11(8)15/h2-4H,1,5-6H2,(H,18,19)(H2,16,17,20). The first-order valence-corrected chi connectivity index (χ1v) is 5.51. The van der Waals surface area contributed by atoms with Crippen LogP contribution >= 0.6 is 0 Å². The summed E-state index contributed by atoms with van der Waals surface area (Å²) in [6.07, 6.45) is 1.44. The molecule has 3 N–H and O–H groups in total. The van der Waals surface area contributed by atoms with E-state index in [2.05, 4.69) is 17.2 Å². The fourth-order valence-corrected chi connectivity index (χ4v) is 1.20. The van der Waals surface area contributed by atoms with Crippen LogP contribution in [0, 0.1) is 17.5 Å². The molecule has 0 unspecified atom stereocenters. The molecule has 8 heteroatoms. The van der Waals surface area contributed by atoms with Crippen molar-refractivity contribution in [2.75, 3.05) is 18.4 Å². The lowest BCUT2D eigenvalue weighted by Gasteiger charge is -2.08. The molecule has 0 atom stereocenters. The zero-order valence-corrected chi connectivity index (χ0v) is 10.3. The van der Waals surface area contributed by atoms with Gasteiger partial charge >= 0.3 is 6.03 Å². The van der Waals surface area contributed by atoms with Crippen LogP contribution in [-0.2, 0) is 4.79 Å². The molecule has 1 rings (SSSR count). The molecule has 0 spiro atoms. The highest BCUT2D eigenvalue weighted by Crippen LogP contribution is 2.19. The zero-order chi connectivity index (χ0) is 15.1. The Balaban J connectivity index is 2.53. The molecule has 0 bridgehead atoms. The molecule has 0 saturated heterocycles. The highest BCUT2D eigenvalue weighted by molar-refractivity contribution is 5.94. The lowest BCUT2D eigenvalue weighted by atomic mass is 10.2. The van der Waals surface area contributed by atoms with Crippen molar-refractivity contribution in [3.05, 3.63) is 42.2 Å². The van der Waals surface area contributed by atoms with Gasteiger partial charge in [0, 0.05) is 6.54 Å². The maximum absolute atomic E-state index is 13.2. The van der Waals surface area contributed by atoms with Gasteiger partial charge < -0.3 is 16.0 Å². The van der Waals surface area contributed by atoms with Gasteiger partial charge in [0.1, 0.15) is 0 Å². The Hall–Kier alpha value is -2.51. The van der Waals surface area contributed by atoms with Crippen LogP contribution in [0.15, 0.2) is 24.8 Å². The van der Waals surface area contributed by atoms with E-state index >= 15 is 0 Å². The van der Waals surface area contributed by atoms with Crippen LogP contribution < -0.4 is 16.0 Å². The van der Waals surface area contributed by atoms with Gasteiger partial charge in [-0.15, -0.1) is 6.58 Å². The molecule has 1 aromatic rings. The molecular weight excluding hydrogens is 275 g/mol. The molecule has 1 aromatic carbocycles. The molecule has 0 heterocycles. The molecule has 3 amide bonds. The topological polar surface area (TPSA) is 70.2 Å². The molecule has 0 aromatic heterocycles. The van der Waals surface area contributed by atoms with Gasteiger partial charge in [-0.1, -0.05) is 6.08 Å². The number of amides is 3. The van der Waals surface area contributed by atoms with Crippen molar-refractivity contribution in [1.82, 2.24) is 10.6 Å². The Labute approximate surface area is 112 Å². The van der Waals surface area contributed by atoms with Crippen molar-refractivity contribution in [2.45, 2.75) is 0 Å². The summed E-state index contributed by atoms with van der Waals surface area (Å²) in [5, 5.41) is 6.54.